The smallest absolute Gasteiger partial charge is 0.364 e. The summed E-state index contributed by atoms with van der Waals surface area (Å²) >= 11 is 0. The van der Waals surface area contributed by atoms with Crippen LogP contribution >= 0.6 is 0 Å². The third-order valence-electron chi connectivity index (χ3n) is 5.61. The van der Waals surface area contributed by atoms with Crippen molar-refractivity contribution in [2.45, 2.75) is 12.8 Å². The number of hydrogen-bond acceptors (Lipinski definition) is 8. The molecule has 2 N–H and O–H groups in total. The number of carboxylic acid groups (broad SMARTS) is 1. The number of nitrogens with zero attached hydrogens (tertiary/aromatic N) is 1. The fourth-order valence-electron chi connectivity index (χ4n) is 4.00. The van der Waals surface area contributed by atoms with Gasteiger partial charge in [-0.25, -0.2) is 9.59 Å². The Morgan fingerprint density at radius 3 is 2.31 bits per heavy atom. The number of benzene rings is 3. The van der Waals surface area contributed by atoms with Gasteiger partial charge in [0.15, 0.2) is 5.43 Å². The SMILES string of the molecule is O=C(O)c1ccc(-c2c3ccc(=O)cc-3oc3cc(O)ccc23)c(C(=O)ON2C(=O)CCC2=O)c1. The quantitative estimate of drug-likeness (QED) is 0.336. The summed E-state index contributed by atoms with van der Waals surface area (Å²) in [6.45, 7) is 0. The highest BCUT2D eigenvalue weighted by Gasteiger charge is 2.34. The van der Waals surface area contributed by atoms with E-state index in [4.69, 9.17) is 9.25 Å². The van der Waals surface area contributed by atoms with Gasteiger partial charge in [0.05, 0.1) is 11.1 Å². The number of phenolic OH excluding ortho intramolecular Hbond substituents is 1. The van der Waals surface area contributed by atoms with E-state index in [-0.39, 0.29) is 52.1 Å². The predicted molar refractivity (Wildman–Crippen MR) is 120 cm³/mol. The average molecular weight is 473 g/mol. The first-order valence-corrected chi connectivity index (χ1v) is 10.4. The van der Waals surface area contributed by atoms with Crippen LogP contribution in [0.25, 0.3) is 33.4 Å². The predicted octanol–water partition coefficient (Wildman–Crippen LogP) is 3.19. The van der Waals surface area contributed by atoms with Crippen LogP contribution in [0.3, 0.4) is 0 Å². The van der Waals surface area contributed by atoms with Crippen LogP contribution in [-0.4, -0.2) is 39.0 Å². The molecule has 5 rings (SSSR count). The van der Waals surface area contributed by atoms with Crippen LogP contribution < -0.4 is 5.43 Å². The van der Waals surface area contributed by atoms with Gasteiger partial charge in [0.25, 0.3) is 11.8 Å². The van der Waals surface area contributed by atoms with Crippen LogP contribution in [0.5, 0.6) is 5.75 Å². The van der Waals surface area contributed by atoms with Crippen molar-refractivity contribution in [3.05, 3.63) is 75.9 Å². The first kappa shape index (κ1) is 21.8. The molecule has 2 aromatic carbocycles. The van der Waals surface area contributed by atoms with E-state index >= 15 is 0 Å². The molecular weight excluding hydrogens is 458 g/mol. The second-order valence-electron chi connectivity index (χ2n) is 7.84. The lowest BCUT2D eigenvalue weighted by Gasteiger charge is -2.19. The Morgan fingerprint density at radius 2 is 1.60 bits per heavy atom. The molecule has 2 aromatic rings. The maximum absolute atomic E-state index is 13.2. The van der Waals surface area contributed by atoms with Crippen molar-refractivity contribution in [3.8, 4) is 28.2 Å². The fourth-order valence-corrected chi connectivity index (χ4v) is 4.00. The summed E-state index contributed by atoms with van der Waals surface area (Å²) in [4.78, 5) is 65.8. The number of aromatic hydroxyl groups is 1. The highest BCUT2D eigenvalue weighted by atomic mass is 16.7. The number of hydroxylamine groups is 2. The Labute approximate surface area is 195 Å². The number of fused-ring (bicyclic) bond motifs is 2. The van der Waals surface area contributed by atoms with E-state index in [9.17, 15) is 34.2 Å². The number of phenols is 1. The minimum absolute atomic E-state index is 0.100. The Bertz CT molecular complexity index is 1580. The van der Waals surface area contributed by atoms with Gasteiger partial charge in [0, 0.05) is 41.5 Å². The monoisotopic (exact) mass is 473 g/mol. The minimum atomic E-state index is -1.31. The lowest BCUT2D eigenvalue weighted by molar-refractivity contribution is -0.172. The summed E-state index contributed by atoms with van der Waals surface area (Å²) in [5.41, 5.74) is 0.425. The molecule has 0 spiro atoms. The largest absolute Gasteiger partial charge is 0.508 e. The van der Waals surface area contributed by atoms with E-state index in [1.807, 2.05) is 0 Å². The van der Waals surface area contributed by atoms with Crippen molar-refractivity contribution >= 4 is 34.7 Å². The van der Waals surface area contributed by atoms with Gasteiger partial charge in [-0.05, 0) is 42.0 Å². The number of amides is 2. The number of carbonyl (C=O) groups is 4. The maximum atomic E-state index is 13.2. The molecule has 35 heavy (non-hydrogen) atoms. The zero-order valence-corrected chi connectivity index (χ0v) is 17.8. The Balaban J connectivity index is 1.78. The van der Waals surface area contributed by atoms with Crippen molar-refractivity contribution in [2.75, 3.05) is 0 Å². The molecule has 0 saturated carbocycles. The number of carbonyl (C=O) groups excluding carboxylic acids is 3. The van der Waals surface area contributed by atoms with Crippen molar-refractivity contribution < 1.29 is 38.6 Å². The number of carboxylic acids is 1. The van der Waals surface area contributed by atoms with E-state index in [0.29, 0.717) is 21.6 Å². The molecule has 1 aliphatic carbocycles. The number of hydrogen-bond donors (Lipinski definition) is 2. The van der Waals surface area contributed by atoms with Gasteiger partial charge in [-0.15, -0.1) is 5.06 Å². The highest BCUT2D eigenvalue weighted by molar-refractivity contribution is 6.10. The first-order chi connectivity index (χ1) is 16.7. The molecule has 10 nitrogen and oxygen atoms in total. The zero-order valence-electron chi connectivity index (χ0n) is 17.8. The van der Waals surface area contributed by atoms with E-state index in [1.165, 1.54) is 42.5 Å². The van der Waals surface area contributed by atoms with Gasteiger partial charge in [0.1, 0.15) is 17.1 Å². The fraction of sp³-hybridized carbons (Fsp3) is 0.0800. The molecule has 0 unspecified atom stereocenters. The van der Waals surface area contributed by atoms with Crippen LogP contribution in [0.15, 0.2) is 63.8 Å². The molecule has 0 aromatic heterocycles. The van der Waals surface area contributed by atoms with Crippen LogP contribution in [0.1, 0.15) is 33.6 Å². The van der Waals surface area contributed by atoms with Gasteiger partial charge in [-0.1, -0.05) is 6.07 Å². The molecule has 0 atom stereocenters. The first-order valence-electron chi connectivity index (χ1n) is 10.4. The summed E-state index contributed by atoms with van der Waals surface area (Å²) in [7, 11) is 0. The molecule has 0 bridgehead atoms. The Kier molecular flexibility index (Phi) is 5.05. The molecule has 0 radical (unpaired) electrons. The Hall–Kier alpha value is -4.99. The van der Waals surface area contributed by atoms with E-state index in [1.54, 1.807) is 6.07 Å². The summed E-state index contributed by atoms with van der Waals surface area (Å²) in [5.74, 6) is -3.74. The summed E-state index contributed by atoms with van der Waals surface area (Å²) < 4.78 is 5.80. The van der Waals surface area contributed by atoms with Gasteiger partial charge < -0.3 is 19.5 Å². The van der Waals surface area contributed by atoms with Crippen molar-refractivity contribution in [1.29, 1.82) is 0 Å². The molecular formula is C25H15NO9. The number of imide groups is 1. The molecule has 2 heterocycles. The van der Waals surface area contributed by atoms with E-state index in [0.717, 1.165) is 6.07 Å². The van der Waals surface area contributed by atoms with E-state index < -0.39 is 23.8 Å². The summed E-state index contributed by atoms with van der Waals surface area (Å²) in [6, 6.07) is 12.1. The molecule has 1 saturated heterocycles. The van der Waals surface area contributed by atoms with Crippen molar-refractivity contribution in [1.82, 2.24) is 5.06 Å². The number of rotatable bonds is 4. The van der Waals surface area contributed by atoms with Gasteiger partial charge in [-0.2, -0.15) is 0 Å². The van der Waals surface area contributed by atoms with Gasteiger partial charge >= 0.3 is 11.9 Å². The second kappa shape index (κ2) is 8.10. The third kappa shape index (κ3) is 3.76. The van der Waals surface area contributed by atoms with Crippen LogP contribution in [0.2, 0.25) is 0 Å². The van der Waals surface area contributed by atoms with Crippen LogP contribution in [0, 0.1) is 0 Å². The maximum Gasteiger partial charge on any atom is 0.364 e. The molecule has 2 amide bonds. The molecule has 3 aliphatic rings. The molecule has 174 valence electrons. The third-order valence-corrected chi connectivity index (χ3v) is 5.61. The molecule has 1 fully saturated rings. The lowest BCUT2D eigenvalue weighted by Crippen LogP contribution is -2.32. The van der Waals surface area contributed by atoms with Gasteiger partial charge in [0.2, 0.25) is 0 Å². The van der Waals surface area contributed by atoms with Crippen molar-refractivity contribution in [2.24, 2.45) is 0 Å². The van der Waals surface area contributed by atoms with E-state index in [2.05, 4.69) is 0 Å². The van der Waals surface area contributed by atoms with Crippen LogP contribution in [0.4, 0.5) is 0 Å². The van der Waals surface area contributed by atoms with Crippen LogP contribution in [-0.2, 0) is 14.4 Å². The average Bonchev–Trinajstić information content (AvgIpc) is 3.14. The second-order valence-corrected chi connectivity index (χ2v) is 7.84. The lowest BCUT2D eigenvalue weighted by atomic mass is 9.90. The minimum Gasteiger partial charge on any atom is -0.508 e. The van der Waals surface area contributed by atoms with Gasteiger partial charge in [-0.3, -0.25) is 14.4 Å². The molecule has 2 aliphatic heterocycles. The standard InChI is InChI=1S/C25H15NO9/c27-13-2-5-16-19(10-13)34-20-11-14(28)3-6-17(20)23(16)15-4-1-12(24(31)32)9-18(15)25(33)35-26-21(29)7-8-22(26)30/h1-6,9-11,27H,7-8H2,(H,31,32). The Morgan fingerprint density at radius 1 is 0.886 bits per heavy atom. The zero-order chi connectivity index (χ0) is 24.9. The summed E-state index contributed by atoms with van der Waals surface area (Å²) in [5, 5.41) is 20.2. The topological polar surface area (TPSA) is 151 Å². The van der Waals surface area contributed by atoms with Crippen molar-refractivity contribution in [3.63, 3.8) is 0 Å². The number of aromatic carboxylic acids is 1. The molecule has 10 heteroatoms. The normalized spacial score (nSPS) is 13.5. The summed E-state index contributed by atoms with van der Waals surface area (Å²) in [6.07, 6.45) is -0.213. The highest BCUT2D eigenvalue weighted by Crippen LogP contribution is 2.42.